The molecule has 0 unspecified atom stereocenters. The van der Waals surface area contributed by atoms with Gasteiger partial charge in [0.25, 0.3) is 11.8 Å². The predicted molar refractivity (Wildman–Crippen MR) is 113 cm³/mol. The number of carbonyl (C=O) groups excluding carboxylic acids is 2. The number of ether oxygens (including phenoxy) is 2. The van der Waals surface area contributed by atoms with Crippen molar-refractivity contribution in [3.05, 3.63) is 83.9 Å². The van der Waals surface area contributed by atoms with Crippen molar-refractivity contribution >= 4 is 23.6 Å². The zero-order valence-electron chi connectivity index (χ0n) is 16.7. The van der Waals surface area contributed by atoms with Crippen molar-refractivity contribution in [1.29, 1.82) is 0 Å². The molecular formula is C23H22N2O5. The van der Waals surface area contributed by atoms with E-state index in [9.17, 15) is 9.59 Å². The summed E-state index contributed by atoms with van der Waals surface area (Å²) in [6.45, 7) is 2.45. The van der Waals surface area contributed by atoms with Crippen molar-refractivity contribution < 1.29 is 23.5 Å². The van der Waals surface area contributed by atoms with Crippen LogP contribution in [0.2, 0.25) is 0 Å². The Balaban J connectivity index is 1.77. The maximum atomic E-state index is 12.8. The third kappa shape index (κ3) is 5.51. The van der Waals surface area contributed by atoms with Crippen LogP contribution in [0.1, 0.15) is 23.0 Å². The van der Waals surface area contributed by atoms with Gasteiger partial charge in [-0.2, -0.15) is 0 Å². The Bertz CT molecular complexity index is 1010. The second-order valence-electron chi connectivity index (χ2n) is 6.17. The van der Waals surface area contributed by atoms with Gasteiger partial charge < -0.3 is 24.5 Å². The maximum absolute atomic E-state index is 12.8. The lowest BCUT2D eigenvalue weighted by molar-refractivity contribution is -0.113. The molecule has 1 aromatic heterocycles. The van der Waals surface area contributed by atoms with E-state index in [0.717, 1.165) is 0 Å². The molecule has 1 heterocycles. The van der Waals surface area contributed by atoms with Crippen LogP contribution in [-0.2, 0) is 4.79 Å². The Kier molecular flexibility index (Phi) is 6.89. The molecule has 0 spiro atoms. The fourth-order valence-electron chi connectivity index (χ4n) is 2.61. The SMILES string of the molecule is CCOc1ccc(NC(=O)/C(=C/c2ccco2)NC(=O)c2ccc(OC)cc2)cc1. The fourth-order valence-corrected chi connectivity index (χ4v) is 2.61. The zero-order chi connectivity index (χ0) is 21.3. The number of nitrogens with one attached hydrogen (secondary N) is 2. The molecule has 0 aliphatic rings. The lowest BCUT2D eigenvalue weighted by Gasteiger charge is -2.11. The summed E-state index contributed by atoms with van der Waals surface area (Å²) in [4.78, 5) is 25.5. The highest BCUT2D eigenvalue weighted by atomic mass is 16.5. The molecule has 3 aromatic rings. The molecule has 2 aromatic carbocycles. The Hall–Kier alpha value is -4.00. The molecule has 0 atom stereocenters. The minimum Gasteiger partial charge on any atom is -0.497 e. The van der Waals surface area contributed by atoms with E-state index in [2.05, 4.69) is 10.6 Å². The standard InChI is InChI=1S/C23H22N2O5/c1-3-29-19-12-8-17(9-13-19)24-23(27)21(15-20-5-4-14-30-20)25-22(26)16-6-10-18(28-2)11-7-16/h4-15H,3H2,1-2H3,(H,24,27)(H,25,26)/b21-15-. The van der Waals surface area contributed by atoms with E-state index in [0.29, 0.717) is 35.1 Å². The third-order valence-electron chi connectivity index (χ3n) is 4.10. The van der Waals surface area contributed by atoms with Crippen LogP contribution in [0.25, 0.3) is 6.08 Å². The first kappa shape index (κ1) is 20.7. The van der Waals surface area contributed by atoms with Crippen LogP contribution in [-0.4, -0.2) is 25.5 Å². The summed E-state index contributed by atoms with van der Waals surface area (Å²) in [6.07, 6.45) is 2.95. The first-order valence-corrected chi connectivity index (χ1v) is 9.34. The minimum absolute atomic E-state index is 0.0413. The Labute approximate surface area is 174 Å². The molecule has 0 bridgehead atoms. The molecule has 7 heteroatoms. The summed E-state index contributed by atoms with van der Waals surface area (Å²) in [5, 5.41) is 5.41. The van der Waals surface area contributed by atoms with Gasteiger partial charge in [-0.15, -0.1) is 0 Å². The van der Waals surface area contributed by atoms with E-state index in [1.807, 2.05) is 6.92 Å². The van der Waals surface area contributed by atoms with Gasteiger partial charge >= 0.3 is 0 Å². The van der Waals surface area contributed by atoms with Crippen molar-refractivity contribution in [2.45, 2.75) is 6.92 Å². The summed E-state index contributed by atoms with van der Waals surface area (Å²) >= 11 is 0. The molecule has 0 radical (unpaired) electrons. The first-order chi connectivity index (χ1) is 14.6. The minimum atomic E-state index is -0.488. The quantitative estimate of drug-likeness (QED) is 0.550. The highest BCUT2D eigenvalue weighted by Gasteiger charge is 2.16. The normalized spacial score (nSPS) is 10.9. The van der Waals surface area contributed by atoms with Crippen LogP contribution < -0.4 is 20.1 Å². The highest BCUT2D eigenvalue weighted by molar-refractivity contribution is 6.10. The number of amides is 2. The predicted octanol–water partition coefficient (Wildman–Crippen LogP) is 4.10. The number of furan rings is 1. The largest absolute Gasteiger partial charge is 0.497 e. The first-order valence-electron chi connectivity index (χ1n) is 9.34. The Morgan fingerprint density at radius 2 is 1.70 bits per heavy atom. The smallest absolute Gasteiger partial charge is 0.272 e. The van der Waals surface area contributed by atoms with Crippen LogP contribution in [0.5, 0.6) is 11.5 Å². The third-order valence-corrected chi connectivity index (χ3v) is 4.10. The number of carbonyl (C=O) groups is 2. The molecule has 0 fully saturated rings. The van der Waals surface area contributed by atoms with E-state index in [4.69, 9.17) is 13.9 Å². The van der Waals surface area contributed by atoms with Crippen LogP contribution >= 0.6 is 0 Å². The lowest BCUT2D eigenvalue weighted by Crippen LogP contribution is -2.30. The number of hydrogen-bond acceptors (Lipinski definition) is 5. The van der Waals surface area contributed by atoms with E-state index >= 15 is 0 Å². The van der Waals surface area contributed by atoms with Crippen molar-refractivity contribution in [3.63, 3.8) is 0 Å². The molecule has 0 aliphatic heterocycles. The average Bonchev–Trinajstić information content (AvgIpc) is 3.28. The molecule has 0 saturated carbocycles. The molecule has 2 amide bonds. The highest BCUT2D eigenvalue weighted by Crippen LogP contribution is 2.17. The Morgan fingerprint density at radius 3 is 2.30 bits per heavy atom. The summed E-state index contributed by atoms with van der Waals surface area (Å²) in [6, 6.07) is 16.9. The van der Waals surface area contributed by atoms with Gasteiger partial charge in [0, 0.05) is 17.3 Å². The van der Waals surface area contributed by atoms with Gasteiger partial charge in [-0.3, -0.25) is 9.59 Å². The van der Waals surface area contributed by atoms with Crippen LogP contribution in [0.15, 0.2) is 77.0 Å². The molecule has 3 rings (SSSR count). The summed E-state index contributed by atoms with van der Waals surface area (Å²) in [5.41, 5.74) is 0.988. The van der Waals surface area contributed by atoms with Crippen LogP contribution in [0.3, 0.4) is 0 Å². The van der Waals surface area contributed by atoms with Crippen molar-refractivity contribution in [2.75, 3.05) is 19.0 Å². The number of benzene rings is 2. The number of hydrogen-bond donors (Lipinski definition) is 2. The topological polar surface area (TPSA) is 89.8 Å². The molecule has 2 N–H and O–H groups in total. The number of rotatable bonds is 8. The molecular weight excluding hydrogens is 384 g/mol. The molecule has 0 aliphatic carbocycles. The second-order valence-corrected chi connectivity index (χ2v) is 6.17. The van der Waals surface area contributed by atoms with Crippen molar-refractivity contribution in [2.24, 2.45) is 0 Å². The van der Waals surface area contributed by atoms with E-state index in [1.54, 1.807) is 67.8 Å². The van der Waals surface area contributed by atoms with Crippen LogP contribution in [0.4, 0.5) is 5.69 Å². The summed E-state index contributed by atoms with van der Waals surface area (Å²) in [5.74, 6) is 0.845. The van der Waals surface area contributed by atoms with Gasteiger partial charge in [-0.25, -0.2) is 0 Å². The van der Waals surface area contributed by atoms with E-state index < -0.39 is 11.8 Å². The molecule has 7 nitrogen and oxygen atoms in total. The fraction of sp³-hybridized carbons (Fsp3) is 0.130. The number of methoxy groups -OCH3 is 1. The Morgan fingerprint density at radius 1 is 1.00 bits per heavy atom. The van der Waals surface area contributed by atoms with E-state index in [-0.39, 0.29) is 5.70 Å². The molecule has 0 saturated heterocycles. The van der Waals surface area contributed by atoms with Gasteiger partial charge in [0.2, 0.25) is 0 Å². The van der Waals surface area contributed by atoms with Crippen molar-refractivity contribution in [3.8, 4) is 11.5 Å². The van der Waals surface area contributed by atoms with Gasteiger partial charge in [-0.1, -0.05) is 0 Å². The lowest BCUT2D eigenvalue weighted by atomic mass is 10.2. The maximum Gasteiger partial charge on any atom is 0.272 e. The van der Waals surface area contributed by atoms with E-state index in [1.165, 1.54) is 12.3 Å². The van der Waals surface area contributed by atoms with Crippen LogP contribution in [0, 0.1) is 0 Å². The molecule has 154 valence electrons. The number of anilines is 1. The summed E-state index contributed by atoms with van der Waals surface area (Å²) < 4.78 is 15.8. The van der Waals surface area contributed by atoms with Gasteiger partial charge in [0.05, 0.1) is 20.0 Å². The van der Waals surface area contributed by atoms with Crippen molar-refractivity contribution in [1.82, 2.24) is 5.32 Å². The second kappa shape index (κ2) is 9.97. The summed E-state index contributed by atoms with van der Waals surface area (Å²) in [7, 11) is 1.55. The van der Waals surface area contributed by atoms with Gasteiger partial charge in [0.1, 0.15) is 23.0 Å². The monoisotopic (exact) mass is 406 g/mol. The molecule has 30 heavy (non-hydrogen) atoms. The average molecular weight is 406 g/mol. The zero-order valence-corrected chi connectivity index (χ0v) is 16.7. The van der Waals surface area contributed by atoms with Gasteiger partial charge in [-0.05, 0) is 67.6 Å². The van der Waals surface area contributed by atoms with Gasteiger partial charge in [0.15, 0.2) is 0 Å².